The lowest BCUT2D eigenvalue weighted by molar-refractivity contribution is -0.123. The van der Waals surface area contributed by atoms with Gasteiger partial charge in [0.05, 0.1) is 6.04 Å². The number of nitrogens with zero attached hydrogens (tertiary/aromatic N) is 1. The Kier molecular flexibility index (Phi) is 4.56. The molecular weight excluding hydrogens is 264 g/mol. The maximum absolute atomic E-state index is 12.6. The van der Waals surface area contributed by atoms with Crippen LogP contribution in [0.3, 0.4) is 0 Å². The summed E-state index contributed by atoms with van der Waals surface area (Å²) in [4.78, 5) is 14.9. The first-order chi connectivity index (χ1) is 10.3. The van der Waals surface area contributed by atoms with Crippen LogP contribution in [0.4, 0.5) is 5.69 Å². The van der Waals surface area contributed by atoms with Gasteiger partial charge >= 0.3 is 0 Å². The van der Waals surface area contributed by atoms with Gasteiger partial charge in [-0.3, -0.25) is 9.69 Å². The fourth-order valence-electron chi connectivity index (χ4n) is 3.71. The van der Waals surface area contributed by atoms with Crippen LogP contribution >= 0.6 is 0 Å². The molecule has 2 aliphatic rings. The van der Waals surface area contributed by atoms with Crippen LogP contribution in [0.25, 0.3) is 0 Å². The van der Waals surface area contributed by atoms with Gasteiger partial charge < -0.3 is 10.4 Å². The van der Waals surface area contributed by atoms with Crippen LogP contribution in [0.2, 0.25) is 0 Å². The van der Waals surface area contributed by atoms with Crippen molar-refractivity contribution in [3.05, 3.63) is 29.8 Å². The summed E-state index contributed by atoms with van der Waals surface area (Å²) in [6.45, 7) is 1.18. The Morgan fingerprint density at radius 1 is 1.24 bits per heavy atom. The molecule has 0 spiro atoms. The zero-order chi connectivity index (χ0) is 14.7. The molecule has 2 heterocycles. The lowest BCUT2D eigenvalue weighted by atomic mass is 9.95. The number of benzene rings is 1. The molecule has 2 N–H and O–H groups in total. The summed E-state index contributed by atoms with van der Waals surface area (Å²) >= 11 is 0. The Hall–Kier alpha value is -1.39. The van der Waals surface area contributed by atoms with Gasteiger partial charge in [0.15, 0.2) is 0 Å². The Morgan fingerprint density at radius 2 is 2.10 bits per heavy atom. The minimum Gasteiger partial charge on any atom is -0.396 e. The summed E-state index contributed by atoms with van der Waals surface area (Å²) in [5.74, 6) is 0.116. The predicted octanol–water partition coefficient (Wildman–Crippen LogP) is 2.18. The van der Waals surface area contributed by atoms with Crippen molar-refractivity contribution >= 4 is 11.6 Å². The fourth-order valence-corrected chi connectivity index (χ4v) is 3.71. The number of nitrogens with one attached hydrogen (secondary N) is 1. The number of para-hydroxylation sites is 1. The summed E-state index contributed by atoms with van der Waals surface area (Å²) in [5.41, 5.74) is 2.18. The van der Waals surface area contributed by atoms with E-state index in [2.05, 4.69) is 16.3 Å². The van der Waals surface area contributed by atoms with Crippen molar-refractivity contribution in [1.29, 1.82) is 0 Å². The highest BCUT2D eigenvalue weighted by molar-refractivity contribution is 5.96. The SMILES string of the molecule is O=C1Nc2ccccc2CCC1N1CCCCC1CCO. The molecule has 2 aliphatic heterocycles. The number of amides is 1. The number of piperidine rings is 1. The molecule has 1 amide bonds. The second kappa shape index (κ2) is 6.58. The number of anilines is 1. The first-order valence-electron chi connectivity index (χ1n) is 8.05. The summed E-state index contributed by atoms with van der Waals surface area (Å²) in [7, 11) is 0. The van der Waals surface area contributed by atoms with Gasteiger partial charge in [0.1, 0.15) is 0 Å². The minimum atomic E-state index is -0.0609. The summed E-state index contributed by atoms with van der Waals surface area (Å²) < 4.78 is 0. The number of aliphatic hydroxyl groups excluding tert-OH is 1. The third kappa shape index (κ3) is 3.11. The van der Waals surface area contributed by atoms with Gasteiger partial charge in [0.2, 0.25) is 5.91 Å². The molecule has 4 heteroatoms. The van der Waals surface area contributed by atoms with Crippen molar-refractivity contribution < 1.29 is 9.90 Å². The Bertz CT molecular complexity index is 501. The lowest BCUT2D eigenvalue weighted by Crippen LogP contribution is -2.51. The number of fused-ring (bicyclic) bond motifs is 1. The quantitative estimate of drug-likeness (QED) is 0.896. The van der Waals surface area contributed by atoms with Crippen molar-refractivity contribution in [2.24, 2.45) is 0 Å². The van der Waals surface area contributed by atoms with Crippen LogP contribution in [0.5, 0.6) is 0 Å². The maximum atomic E-state index is 12.6. The van der Waals surface area contributed by atoms with E-state index in [1.165, 1.54) is 12.0 Å². The van der Waals surface area contributed by atoms with Crippen molar-refractivity contribution in [3.8, 4) is 0 Å². The van der Waals surface area contributed by atoms with Crippen molar-refractivity contribution in [2.75, 3.05) is 18.5 Å². The van der Waals surface area contributed by atoms with Crippen LogP contribution in [0, 0.1) is 0 Å². The van der Waals surface area contributed by atoms with E-state index in [4.69, 9.17) is 0 Å². The van der Waals surface area contributed by atoms with E-state index >= 15 is 0 Å². The van der Waals surface area contributed by atoms with E-state index in [-0.39, 0.29) is 18.6 Å². The van der Waals surface area contributed by atoms with Gasteiger partial charge in [-0.05, 0) is 50.3 Å². The molecule has 114 valence electrons. The van der Waals surface area contributed by atoms with Crippen molar-refractivity contribution in [3.63, 3.8) is 0 Å². The number of likely N-dealkylation sites (tertiary alicyclic amines) is 1. The minimum absolute atomic E-state index is 0.0609. The molecule has 0 aromatic heterocycles. The Labute approximate surface area is 126 Å². The Morgan fingerprint density at radius 3 is 2.95 bits per heavy atom. The number of carbonyl (C=O) groups excluding carboxylic acids is 1. The second-order valence-electron chi connectivity index (χ2n) is 6.10. The average Bonchev–Trinajstić information content (AvgIpc) is 2.67. The van der Waals surface area contributed by atoms with Crippen LogP contribution in [-0.4, -0.2) is 41.1 Å². The molecular formula is C17H24N2O2. The molecule has 0 saturated carbocycles. The normalized spacial score (nSPS) is 26.8. The molecule has 2 unspecified atom stereocenters. The average molecular weight is 288 g/mol. The molecule has 0 radical (unpaired) electrons. The molecule has 2 atom stereocenters. The molecule has 1 saturated heterocycles. The standard InChI is InChI=1S/C17H24N2O2/c20-12-10-14-6-3-4-11-19(14)16-9-8-13-5-1-2-7-15(13)18-17(16)21/h1-2,5,7,14,16,20H,3-4,6,8-12H2,(H,18,21). The van der Waals surface area contributed by atoms with E-state index in [1.54, 1.807) is 0 Å². The number of rotatable bonds is 3. The molecule has 1 aromatic carbocycles. The molecule has 1 aromatic rings. The monoisotopic (exact) mass is 288 g/mol. The van der Waals surface area contributed by atoms with E-state index < -0.39 is 0 Å². The van der Waals surface area contributed by atoms with Crippen LogP contribution in [-0.2, 0) is 11.2 Å². The highest BCUT2D eigenvalue weighted by Gasteiger charge is 2.34. The Balaban J connectivity index is 1.78. The highest BCUT2D eigenvalue weighted by atomic mass is 16.3. The molecule has 0 aliphatic carbocycles. The number of hydrogen-bond donors (Lipinski definition) is 2. The molecule has 21 heavy (non-hydrogen) atoms. The smallest absolute Gasteiger partial charge is 0.241 e. The van der Waals surface area contributed by atoms with E-state index in [1.807, 2.05) is 18.2 Å². The first kappa shape index (κ1) is 14.5. The van der Waals surface area contributed by atoms with Gasteiger partial charge in [-0.1, -0.05) is 24.6 Å². The van der Waals surface area contributed by atoms with Crippen molar-refractivity contribution in [2.45, 2.75) is 50.6 Å². The topological polar surface area (TPSA) is 52.6 Å². The van der Waals surface area contributed by atoms with Gasteiger partial charge in [-0.2, -0.15) is 0 Å². The van der Waals surface area contributed by atoms with Gasteiger partial charge in [-0.15, -0.1) is 0 Å². The van der Waals surface area contributed by atoms with E-state index in [0.717, 1.165) is 44.3 Å². The summed E-state index contributed by atoms with van der Waals surface area (Å²) in [6.07, 6.45) is 6.02. The fraction of sp³-hybridized carbons (Fsp3) is 0.588. The number of hydrogen-bond acceptors (Lipinski definition) is 3. The molecule has 4 nitrogen and oxygen atoms in total. The largest absolute Gasteiger partial charge is 0.396 e. The number of carbonyl (C=O) groups is 1. The van der Waals surface area contributed by atoms with Gasteiger partial charge in [0.25, 0.3) is 0 Å². The molecule has 1 fully saturated rings. The molecule has 0 bridgehead atoms. The van der Waals surface area contributed by atoms with Crippen LogP contribution in [0.1, 0.15) is 37.7 Å². The lowest BCUT2D eigenvalue weighted by Gasteiger charge is -2.40. The predicted molar refractivity (Wildman–Crippen MR) is 83.2 cm³/mol. The number of aliphatic hydroxyl groups is 1. The molecule has 3 rings (SSSR count). The summed E-state index contributed by atoms with van der Waals surface area (Å²) in [6, 6.07) is 8.36. The van der Waals surface area contributed by atoms with Gasteiger partial charge in [0, 0.05) is 18.3 Å². The second-order valence-corrected chi connectivity index (χ2v) is 6.10. The van der Waals surface area contributed by atoms with Crippen molar-refractivity contribution in [1.82, 2.24) is 4.90 Å². The van der Waals surface area contributed by atoms with Crippen LogP contribution in [0.15, 0.2) is 24.3 Å². The van der Waals surface area contributed by atoms with Gasteiger partial charge in [-0.25, -0.2) is 0 Å². The first-order valence-corrected chi connectivity index (χ1v) is 8.05. The van der Waals surface area contributed by atoms with E-state index in [9.17, 15) is 9.90 Å². The van der Waals surface area contributed by atoms with Crippen LogP contribution < -0.4 is 5.32 Å². The zero-order valence-electron chi connectivity index (χ0n) is 12.4. The van der Waals surface area contributed by atoms with E-state index in [0.29, 0.717) is 6.04 Å². The third-order valence-electron chi connectivity index (χ3n) is 4.80. The third-order valence-corrected chi connectivity index (χ3v) is 4.80. The number of aryl methyl sites for hydroxylation is 1. The zero-order valence-corrected chi connectivity index (χ0v) is 12.4. The maximum Gasteiger partial charge on any atom is 0.241 e. The highest BCUT2D eigenvalue weighted by Crippen LogP contribution is 2.28. The summed E-state index contributed by atoms with van der Waals surface area (Å²) in [5, 5.41) is 12.4.